The van der Waals surface area contributed by atoms with Crippen LogP contribution < -0.4 is 14.4 Å². The Kier molecular flexibility index (Phi) is 9.72. The van der Waals surface area contributed by atoms with E-state index in [4.69, 9.17) is 16.3 Å². The van der Waals surface area contributed by atoms with Crippen LogP contribution in [0.4, 0.5) is 5.69 Å². The number of hydrogen-bond acceptors (Lipinski definition) is 7. The number of allylic oxidation sites excluding steroid dienone is 1. The van der Waals surface area contributed by atoms with Gasteiger partial charge in [-0.05, 0) is 110 Å². The number of sulfonamides is 1. The summed E-state index contributed by atoms with van der Waals surface area (Å²) in [7, 11) is -3.98. The maximum absolute atomic E-state index is 13.5. The van der Waals surface area contributed by atoms with Gasteiger partial charge in [-0.15, -0.1) is 0 Å². The van der Waals surface area contributed by atoms with Crippen LogP contribution in [0, 0.1) is 28.9 Å². The molecule has 6 rings (SSSR count). The van der Waals surface area contributed by atoms with Crippen molar-refractivity contribution in [3.8, 4) is 16.9 Å². The molecule has 7 nitrogen and oxygen atoms in total. The first kappa shape index (κ1) is 34.2. The molecule has 252 valence electrons. The van der Waals surface area contributed by atoms with Gasteiger partial charge in [-0.25, -0.2) is 13.1 Å². The topological polar surface area (TPSA) is 95.9 Å². The number of fused-ring (bicyclic) bond motifs is 4. The van der Waals surface area contributed by atoms with Gasteiger partial charge in [0.15, 0.2) is 0 Å². The zero-order valence-corrected chi connectivity index (χ0v) is 30.0. The van der Waals surface area contributed by atoms with Gasteiger partial charge in [-0.2, -0.15) is 0 Å². The Morgan fingerprint density at radius 3 is 2.72 bits per heavy atom. The summed E-state index contributed by atoms with van der Waals surface area (Å²) in [6.45, 7) is 9.37. The molecule has 2 aliphatic carbocycles. The maximum Gasteiger partial charge on any atom is 0.264 e. The molecule has 1 saturated carbocycles. The minimum absolute atomic E-state index is 0.101. The fourth-order valence-corrected chi connectivity index (χ4v) is 9.57. The van der Waals surface area contributed by atoms with Gasteiger partial charge in [0.1, 0.15) is 11.4 Å². The van der Waals surface area contributed by atoms with Crippen LogP contribution in [-0.4, -0.2) is 55.2 Å². The van der Waals surface area contributed by atoms with Gasteiger partial charge >= 0.3 is 0 Å². The number of carbonyl (C=O) groups excluding carboxylic acids is 1. The zero-order chi connectivity index (χ0) is 33.6. The molecule has 0 aromatic heterocycles. The Bertz CT molecular complexity index is 1730. The molecule has 2 heterocycles. The van der Waals surface area contributed by atoms with Crippen molar-refractivity contribution in [1.29, 1.82) is 0 Å². The highest BCUT2D eigenvalue weighted by atomic mass is 35.5. The fourth-order valence-electron chi connectivity index (χ4n) is 7.63. The quantitative estimate of drug-likeness (QED) is 0.253. The molecule has 2 aromatic carbocycles. The number of ether oxygens (including phenoxy) is 1. The Hall–Kier alpha value is -2.64. The number of benzene rings is 2. The van der Waals surface area contributed by atoms with Crippen LogP contribution in [0.15, 0.2) is 48.6 Å². The number of rotatable bonds is 1. The third kappa shape index (κ3) is 6.94. The third-order valence-electron chi connectivity index (χ3n) is 10.7. The molecule has 0 saturated heterocycles. The first-order chi connectivity index (χ1) is 22.3. The molecular formula is C37H45ClN2O5S2. The van der Waals surface area contributed by atoms with Crippen LogP contribution in [-0.2, 0) is 21.9 Å². The summed E-state index contributed by atoms with van der Waals surface area (Å²) in [5.41, 5.74) is 1.84. The molecule has 1 spiro atoms. The number of nitrogens with zero attached hydrogens (tertiary/aromatic N) is 1. The van der Waals surface area contributed by atoms with E-state index < -0.39 is 26.8 Å². The molecule has 6 atom stereocenters. The molecule has 47 heavy (non-hydrogen) atoms. The maximum atomic E-state index is 13.5. The highest BCUT2D eigenvalue weighted by molar-refractivity contribution is 8.04. The van der Waals surface area contributed by atoms with Crippen LogP contribution in [0.25, 0.3) is 0 Å². The lowest BCUT2D eigenvalue weighted by Crippen LogP contribution is -2.52. The SMILES string of the molecule is CC(C)SC#C[C@]1(O)/C=C/C[C@H](C)[C@@H](C)S(=O)(=O)NC(=O)c2ccc3c(c2)N(C[C@@H]2CC[C@H]21)C[C@@]1(CCCc2cc(Cl)ccc21)CO3. The normalized spacial score (nSPS) is 32.4. The molecule has 10 heteroatoms. The van der Waals surface area contributed by atoms with E-state index in [2.05, 4.69) is 46.8 Å². The van der Waals surface area contributed by atoms with Crippen LogP contribution in [0.3, 0.4) is 0 Å². The number of aryl methyl sites for hydroxylation is 1. The van der Waals surface area contributed by atoms with E-state index in [-0.39, 0.29) is 28.7 Å². The van der Waals surface area contributed by atoms with Crippen molar-refractivity contribution in [3.05, 3.63) is 70.3 Å². The number of amides is 1. The molecule has 2 aromatic rings. The average Bonchev–Trinajstić information content (AvgIpc) is 3.14. The molecular weight excluding hydrogens is 652 g/mol. The summed E-state index contributed by atoms with van der Waals surface area (Å²) in [6.07, 6.45) is 8.75. The summed E-state index contributed by atoms with van der Waals surface area (Å²) in [4.78, 5) is 15.8. The highest BCUT2D eigenvalue weighted by Crippen LogP contribution is 2.48. The van der Waals surface area contributed by atoms with Gasteiger partial charge in [0, 0.05) is 40.3 Å². The summed E-state index contributed by atoms with van der Waals surface area (Å²) in [5, 5.41) is 15.5. The molecule has 0 radical (unpaired) electrons. The predicted molar refractivity (Wildman–Crippen MR) is 191 cm³/mol. The van der Waals surface area contributed by atoms with Crippen molar-refractivity contribution >= 4 is 45.0 Å². The average molecular weight is 697 g/mol. The van der Waals surface area contributed by atoms with Gasteiger partial charge in [-0.1, -0.05) is 62.2 Å². The predicted octanol–water partition coefficient (Wildman–Crippen LogP) is 6.72. The van der Waals surface area contributed by atoms with Crippen LogP contribution >= 0.6 is 23.4 Å². The third-order valence-corrected chi connectivity index (χ3v) is 13.5. The molecule has 2 N–H and O–H groups in total. The molecule has 1 fully saturated rings. The minimum atomic E-state index is -3.98. The molecule has 1 amide bonds. The first-order valence-corrected chi connectivity index (χ1v) is 19.6. The zero-order valence-electron chi connectivity index (χ0n) is 27.6. The number of aliphatic hydroxyl groups is 1. The van der Waals surface area contributed by atoms with Gasteiger partial charge < -0.3 is 14.7 Å². The number of thioether (sulfide) groups is 1. The monoisotopic (exact) mass is 696 g/mol. The standard InChI is InChI=1S/C37H45ClN2O5S2/c1-24(2)46-18-17-37(42)16-5-7-25(3)26(4)47(43,44)39-35(41)28-10-14-34-33(20-28)40(21-29-9-12-32(29)37)22-36(23-45-34)15-6-8-27-19-30(38)11-13-31(27)36/h5,10-11,13-14,16,19-20,24-26,29,32,42H,6-9,12,15,21-23H2,1-4H3,(H,39,41)/b16-5+/t25-,26+,29-,32+,36-,37+/m0/s1. The second-order valence-corrected chi connectivity index (χ2v) is 18.1. The van der Waals surface area contributed by atoms with Gasteiger partial charge in [0.05, 0.1) is 17.5 Å². The Morgan fingerprint density at radius 2 is 1.98 bits per heavy atom. The van der Waals surface area contributed by atoms with Crippen molar-refractivity contribution in [2.24, 2.45) is 17.8 Å². The van der Waals surface area contributed by atoms with E-state index in [0.29, 0.717) is 37.1 Å². The number of nitrogens with one attached hydrogen (secondary N) is 1. The highest BCUT2D eigenvalue weighted by Gasteiger charge is 2.48. The van der Waals surface area contributed by atoms with Gasteiger partial charge in [-0.3, -0.25) is 4.79 Å². The largest absolute Gasteiger partial charge is 0.490 e. The van der Waals surface area contributed by atoms with Crippen LogP contribution in [0.2, 0.25) is 5.02 Å². The summed E-state index contributed by atoms with van der Waals surface area (Å²) < 4.78 is 35.7. The van der Waals surface area contributed by atoms with E-state index in [1.54, 1.807) is 31.2 Å². The Morgan fingerprint density at radius 1 is 1.17 bits per heavy atom. The summed E-state index contributed by atoms with van der Waals surface area (Å²) in [5.74, 6) is 2.96. The second-order valence-electron chi connectivity index (χ2n) is 14.2. The molecule has 2 bridgehead atoms. The molecule has 2 aliphatic heterocycles. The van der Waals surface area contributed by atoms with Crippen molar-refractivity contribution < 1.29 is 23.1 Å². The van der Waals surface area contributed by atoms with Crippen LogP contribution in [0.5, 0.6) is 5.75 Å². The fraction of sp³-hybridized carbons (Fsp3) is 0.541. The lowest BCUT2D eigenvalue weighted by molar-refractivity contribution is -0.00312. The minimum Gasteiger partial charge on any atom is -0.490 e. The number of anilines is 1. The van der Waals surface area contributed by atoms with Crippen molar-refractivity contribution in [3.63, 3.8) is 0 Å². The van der Waals surface area contributed by atoms with E-state index in [1.165, 1.54) is 22.9 Å². The van der Waals surface area contributed by atoms with E-state index in [9.17, 15) is 18.3 Å². The second kappa shape index (κ2) is 13.3. The Balaban J connectivity index is 1.45. The van der Waals surface area contributed by atoms with Crippen molar-refractivity contribution in [1.82, 2.24) is 4.72 Å². The number of carbonyl (C=O) groups is 1. The molecule has 4 aliphatic rings. The molecule has 0 unspecified atom stereocenters. The summed E-state index contributed by atoms with van der Waals surface area (Å²) >= 11 is 7.93. The smallest absolute Gasteiger partial charge is 0.264 e. The lowest BCUT2D eigenvalue weighted by Gasteiger charge is -2.47. The van der Waals surface area contributed by atoms with E-state index in [0.717, 1.165) is 42.8 Å². The van der Waals surface area contributed by atoms with Gasteiger partial charge in [0.2, 0.25) is 10.0 Å². The number of hydrogen-bond donors (Lipinski definition) is 2. The number of halogens is 1. The first-order valence-electron chi connectivity index (χ1n) is 16.7. The van der Waals surface area contributed by atoms with Crippen molar-refractivity contribution in [2.75, 3.05) is 24.6 Å². The summed E-state index contributed by atoms with van der Waals surface area (Å²) in [6, 6.07) is 11.3. The Labute approximate surface area is 288 Å². The van der Waals surface area contributed by atoms with E-state index >= 15 is 0 Å². The van der Waals surface area contributed by atoms with Crippen molar-refractivity contribution in [2.45, 2.75) is 87.7 Å². The lowest BCUT2D eigenvalue weighted by atomic mass is 9.64. The van der Waals surface area contributed by atoms with E-state index in [1.807, 2.05) is 19.1 Å². The van der Waals surface area contributed by atoms with Crippen LogP contribution in [0.1, 0.15) is 81.3 Å². The van der Waals surface area contributed by atoms with Gasteiger partial charge in [0.25, 0.3) is 5.91 Å².